The predicted octanol–water partition coefficient (Wildman–Crippen LogP) is 3.49. The summed E-state index contributed by atoms with van der Waals surface area (Å²) in [6, 6.07) is 15.7. The number of nitrogens with two attached hydrogens (primary N) is 1. The van der Waals surface area contributed by atoms with E-state index in [1.54, 1.807) is 24.3 Å². The number of halogens is 1. The molecule has 1 atom stereocenters. The second-order valence-corrected chi connectivity index (χ2v) is 8.05. The summed E-state index contributed by atoms with van der Waals surface area (Å²) in [6.45, 7) is 4.21. The first kappa shape index (κ1) is 23.9. The van der Waals surface area contributed by atoms with Gasteiger partial charge >= 0.3 is 6.01 Å². The fourth-order valence-corrected chi connectivity index (χ4v) is 3.66. The minimum absolute atomic E-state index is 0.142. The average molecular weight is 491 g/mol. The van der Waals surface area contributed by atoms with Crippen LogP contribution in [0.15, 0.2) is 72.2 Å². The van der Waals surface area contributed by atoms with E-state index in [9.17, 15) is 9.59 Å². The number of carbonyl (C=O) groups is 1. The number of aromatic nitrogens is 3. The van der Waals surface area contributed by atoms with Gasteiger partial charge in [-0.05, 0) is 29.8 Å². The molecule has 0 saturated carbocycles. The summed E-state index contributed by atoms with van der Waals surface area (Å²) in [4.78, 5) is 36.4. The van der Waals surface area contributed by atoms with Crippen LogP contribution in [0.2, 0.25) is 5.02 Å². The molecule has 178 valence electrons. The van der Waals surface area contributed by atoms with Gasteiger partial charge in [-0.1, -0.05) is 48.5 Å². The lowest BCUT2D eigenvalue weighted by Crippen LogP contribution is -2.33. The molecule has 4 rings (SSSR count). The fraction of sp³-hybridized carbons (Fsp3) is 0.120. The largest absolute Gasteiger partial charge is 0.467 e. The van der Waals surface area contributed by atoms with Gasteiger partial charge in [0.2, 0.25) is 0 Å². The molecule has 0 radical (unpaired) electrons. The Balaban J connectivity index is 1.56. The molecular weight excluding hydrogens is 468 g/mol. The number of ether oxygens (including phenoxy) is 1. The fourth-order valence-electron chi connectivity index (χ4n) is 3.50. The highest BCUT2D eigenvalue weighted by Gasteiger charge is 2.16. The minimum Gasteiger partial charge on any atom is -0.467 e. The van der Waals surface area contributed by atoms with Crippen LogP contribution in [0.3, 0.4) is 0 Å². The molecule has 35 heavy (non-hydrogen) atoms. The maximum Gasteiger partial charge on any atom is 0.318 e. The number of aromatic amines is 1. The normalized spacial score (nSPS) is 11.6. The third kappa shape index (κ3) is 5.32. The first-order chi connectivity index (χ1) is 16.9. The molecule has 4 aromatic rings. The van der Waals surface area contributed by atoms with Crippen molar-refractivity contribution in [1.82, 2.24) is 20.3 Å². The average Bonchev–Trinajstić information content (AvgIpc) is 2.88. The molecule has 0 aliphatic heterocycles. The van der Waals surface area contributed by atoms with E-state index >= 15 is 0 Å². The lowest BCUT2D eigenvalue weighted by atomic mass is 10.1. The van der Waals surface area contributed by atoms with Gasteiger partial charge in [0.1, 0.15) is 5.65 Å². The lowest BCUT2D eigenvalue weighted by Gasteiger charge is -2.18. The van der Waals surface area contributed by atoms with E-state index in [2.05, 4.69) is 32.2 Å². The Labute approximate surface area is 206 Å². The van der Waals surface area contributed by atoms with Crippen molar-refractivity contribution in [3.63, 3.8) is 0 Å². The van der Waals surface area contributed by atoms with Crippen LogP contribution >= 0.6 is 11.6 Å². The van der Waals surface area contributed by atoms with Crippen LogP contribution in [0.5, 0.6) is 6.01 Å². The summed E-state index contributed by atoms with van der Waals surface area (Å²) in [6.07, 6.45) is 1.53. The molecule has 1 unspecified atom stereocenters. The number of rotatable bonds is 8. The van der Waals surface area contributed by atoms with E-state index < -0.39 is 5.56 Å². The van der Waals surface area contributed by atoms with Gasteiger partial charge in [-0.2, -0.15) is 4.98 Å². The number of anilines is 1. The molecule has 0 aliphatic rings. The van der Waals surface area contributed by atoms with Crippen LogP contribution in [0, 0.1) is 0 Å². The van der Waals surface area contributed by atoms with Crippen LogP contribution in [0.25, 0.3) is 16.7 Å². The van der Waals surface area contributed by atoms with Crippen LogP contribution in [0.1, 0.15) is 27.5 Å². The van der Waals surface area contributed by atoms with Gasteiger partial charge in [0, 0.05) is 29.4 Å². The van der Waals surface area contributed by atoms with E-state index in [0.29, 0.717) is 27.3 Å². The molecule has 0 bridgehead atoms. The van der Waals surface area contributed by atoms with Crippen molar-refractivity contribution in [2.45, 2.75) is 6.04 Å². The van der Waals surface area contributed by atoms with Crippen LogP contribution in [-0.2, 0) is 0 Å². The Kier molecular flexibility index (Phi) is 7.09. The number of methoxy groups -OCH3 is 1. The Morgan fingerprint density at radius 2 is 2.00 bits per heavy atom. The molecule has 9 nitrogen and oxygen atoms in total. The number of pyridine rings is 1. The zero-order valence-electron chi connectivity index (χ0n) is 18.8. The number of fused-ring (bicyclic) bond motifs is 1. The molecule has 2 aromatic carbocycles. The van der Waals surface area contributed by atoms with Gasteiger partial charge in [0.15, 0.2) is 0 Å². The maximum absolute atomic E-state index is 12.9. The number of benzene rings is 2. The summed E-state index contributed by atoms with van der Waals surface area (Å²) in [5, 5.41) is 6.91. The number of nitrogens with zero attached hydrogens (tertiary/aromatic N) is 2. The third-order valence-corrected chi connectivity index (χ3v) is 5.67. The number of nitrogens with one attached hydrogen (secondary N) is 3. The monoisotopic (exact) mass is 490 g/mol. The van der Waals surface area contributed by atoms with Gasteiger partial charge < -0.3 is 26.1 Å². The molecule has 0 fully saturated rings. The molecule has 2 aromatic heterocycles. The molecule has 0 spiro atoms. The summed E-state index contributed by atoms with van der Waals surface area (Å²) in [7, 11) is 1.44. The van der Waals surface area contributed by atoms with Crippen LogP contribution < -0.4 is 26.7 Å². The van der Waals surface area contributed by atoms with E-state index in [1.807, 2.05) is 30.3 Å². The Morgan fingerprint density at radius 3 is 2.71 bits per heavy atom. The lowest BCUT2D eigenvalue weighted by molar-refractivity contribution is 0.0938. The zero-order chi connectivity index (χ0) is 24.9. The highest BCUT2D eigenvalue weighted by atomic mass is 35.5. The van der Waals surface area contributed by atoms with E-state index in [1.165, 1.54) is 13.3 Å². The number of amides is 1. The van der Waals surface area contributed by atoms with Crippen molar-refractivity contribution in [3.05, 3.63) is 99.4 Å². The second-order valence-electron chi connectivity index (χ2n) is 7.64. The first-order valence-corrected chi connectivity index (χ1v) is 11.0. The minimum atomic E-state index is -0.408. The van der Waals surface area contributed by atoms with Crippen molar-refractivity contribution in [2.24, 2.45) is 5.73 Å². The van der Waals surface area contributed by atoms with Crippen molar-refractivity contribution >= 4 is 39.9 Å². The summed E-state index contributed by atoms with van der Waals surface area (Å²) >= 11 is 6.35. The molecule has 0 aliphatic carbocycles. The molecule has 2 heterocycles. The SMILES string of the molecule is C=C(Nc1cc(C(=O)NC(CN)c2ccccc2)ccc1Cl)c1cc2cnc(OC)nc2[nH]c1=O. The zero-order valence-corrected chi connectivity index (χ0v) is 19.6. The van der Waals surface area contributed by atoms with Gasteiger partial charge in [0.25, 0.3) is 11.5 Å². The van der Waals surface area contributed by atoms with Gasteiger partial charge in [0.05, 0.1) is 29.4 Å². The Bertz CT molecular complexity index is 1460. The van der Waals surface area contributed by atoms with Crippen LogP contribution in [0.4, 0.5) is 5.69 Å². The topological polar surface area (TPSA) is 135 Å². The molecule has 1 amide bonds. The molecule has 10 heteroatoms. The van der Waals surface area contributed by atoms with Gasteiger partial charge in [-0.3, -0.25) is 9.59 Å². The van der Waals surface area contributed by atoms with E-state index in [-0.39, 0.29) is 35.8 Å². The smallest absolute Gasteiger partial charge is 0.318 e. The molecular formula is C25H23ClN6O3. The van der Waals surface area contributed by atoms with Crippen LogP contribution in [-0.4, -0.2) is 34.5 Å². The maximum atomic E-state index is 12.9. The van der Waals surface area contributed by atoms with Gasteiger partial charge in [-0.25, -0.2) is 4.98 Å². The molecule has 0 saturated heterocycles. The first-order valence-electron chi connectivity index (χ1n) is 10.7. The van der Waals surface area contributed by atoms with E-state index in [4.69, 9.17) is 22.1 Å². The number of hydrogen-bond acceptors (Lipinski definition) is 7. The van der Waals surface area contributed by atoms with Crippen molar-refractivity contribution in [1.29, 1.82) is 0 Å². The van der Waals surface area contributed by atoms with Crippen molar-refractivity contribution in [2.75, 3.05) is 19.0 Å². The molecule has 5 N–H and O–H groups in total. The standard InChI is InChI=1S/C25H23ClN6O3/c1-14(18-10-17-13-28-25(35-2)32-22(17)31-24(18)34)29-20-11-16(8-9-19(20)26)23(33)30-21(12-27)15-6-4-3-5-7-15/h3-11,13,21,29H,1,12,27H2,2H3,(H,30,33)(H,28,31,32,34). The van der Waals surface area contributed by atoms with Crippen molar-refractivity contribution in [3.8, 4) is 6.01 Å². The number of carbonyl (C=O) groups excluding carboxylic acids is 1. The highest BCUT2D eigenvalue weighted by Crippen LogP contribution is 2.27. The summed E-state index contributed by atoms with van der Waals surface area (Å²) in [5.41, 5.74) is 8.05. The Morgan fingerprint density at radius 1 is 1.23 bits per heavy atom. The number of hydrogen-bond donors (Lipinski definition) is 4. The van der Waals surface area contributed by atoms with Gasteiger partial charge in [-0.15, -0.1) is 0 Å². The number of H-pyrrole nitrogens is 1. The van der Waals surface area contributed by atoms with Crippen molar-refractivity contribution < 1.29 is 9.53 Å². The second kappa shape index (κ2) is 10.4. The van der Waals surface area contributed by atoms with E-state index in [0.717, 1.165) is 5.56 Å². The summed E-state index contributed by atoms with van der Waals surface area (Å²) in [5.74, 6) is -0.315. The summed E-state index contributed by atoms with van der Waals surface area (Å²) < 4.78 is 4.99. The quantitative estimate of drug-likeness (QED) is 0.297. The Hall–Kier alpha value is -4.21. The highest BCUT2D eigenvalue weighted by molar-refractivity contribution is 6.33. The predicted molar refractivity (Wildman–Crippen MR) is 137 cm³/mol. The third-order valence-electron chi connectivity index (χ3n) is 5.34.